The largest absolute Gasteiger partial charge is 0.496 e. The minimum absolute atomic E-state index is 0.0741. The molecule has 1 amide bonds. The van der Waals surface area contributed by atoms with E-state index in [9.17, 15) is 4.79 Å². The quantitative estimate of drug-likeness (QED) is 0.699. The molecule has 0 saturated carbocycles. The van der Waals surface area contributed by atoms with Gasteiger partial charge >= 0.3 is 0 Å². The highest BCUT2D eigenvalue weighted by molar-refractivity contribution is 6.30. The van der Waals surface area contributed by atoms with Crippen LogP contribution in [0.2, 0.25) is 5.02 Å². The fourth-order valence-corrected chi connectivity index (χ4v) is 2.93. The lowest BCUT2D eigenvalue weighted by Gasteiger charge is -2.23. The molecule has 4 nitrogen and oxygen atoms in total. The van der Waals surface area contributed by atoms with Crippen molar-refractivity contribution >= 4 is 17.5 Å². The first-order valence-electron chi connectivity index (χ1n) is 8.85. The van der Waals surface area contributed by atoms with Crippen LogP contribution in [0.25, 0.3) is 0 Å². The van der Waals surface area contributed by atoms with Crippen LogP contribution in [0.5, 0.6) is 11.5 Å². The highest BCUT2D eigenvalue weighted by atomic mass is 35.5. The van der Waals surface area contributed by atoms with Crippen molar-refractivity contribution in [2.24, 2.45) is 0 Å². The van der Waals surface area contributed by atoms with Crippen LogP contribution in [0.15, 0.2) is 42.5 Å². The number of ether oxygens (including phenoxy) is 2. The van der Waals surface area contributed by atoms with E-state index in [4.69, 9.17) is 21.1 Å². The van der Waals surface area contributed by atoms with Crippen LogP contribution in [0.1, 0.15) is 43.9 Å². The summed E-state index contributed by atoms with van der Waals surface area (Å²) in [6.07, 6.45) is 0.811. The van der Waals surface area contributed by atoms with Crippen molar-refractivity contribution in [3.63, 3.8) is 0 Å². The molecule has 2 aromatic rings. The van der Waals surface area contributed by atoms with E-state index in [1.165, 1.54) is 0 Å². The van der Waals surface area contributed by atoms with Crippen LogP contribution in [-0.2, 0) is 4.79 Å². The summed E-state index contributed by atoms with van der Waals surface area (Å²) in [7, 11) is 1.65. The summed E-state index contributed by atoms with van der Waals surface area (Å²) in [4.78, 5) is 12.7. The van der Waals surface area contributed by atoms with Gasteiger partial charge in [0.05, 0.1) is 13.2 Å². The maximum atomic E-state index is 12.7. The first-order chi connectivity index (χ1) is 12.5. The molecule has 0 aliphatic rings. The number of amides is 1. The lowest BCUT2D eigenvalue weighted by molar-refractivity contribution is -0.128. The summed E-state index contributed by atoms with van der Waals surface area (Å²) < 4.78 is 11.1. The number of hydrogen-bond acceptors (Lipinski definition) is 3. The third-order valence-electron chi connectivity index (χ3n) is 4.30. The van der Waals surface area contributed by atoms with Crippen molar-refractivity contribution < 1.29 is 14.3 Å². The first-order valence-corrected chi connectivity index (χ1v) is 9.23. The molecule has 2 atom stereocenters. The zero-order chi connectivity index (χ0) is 19.1. The highest BCUT2D eigenvalue weighted by Crippen LogP contribution is 2.25. The molecule has 0 radical (unpaired) electrons. The Morgan fingerprint density at radius 3 is 2.35 bits per heavy atom. The van der Waals surface area contributed by atoms with Gasteiger partial charge in [-0.3, -0.25) is 4.79 Å². The Hall–Kier alpha value is -2.20. The number of benzene rings is 2. The number of carbonyl (C=O) groups is 1. The minimum atomic E-state index is -0.551. The van der Waals surface area contributed by atoms with Crippen molar-refractivity contribution in [1.29, 1.82) is 0 Å². The Balaban J connectivity index is 2.08. The van der Waals surface area contributed by atoms with Gasteiger partial charge in [0.1, 0.15) is 11.5 Å². The molecule has 0 aliphatic carbocycles. The van der Waals surface area contributed by atoms with Gasteiger partial charge in [-0.1, -0.05) is 37.6 Å². The van der Waals surface area contributed by atoms with E-state index in [2.05, 4.69) is 5.32 Å². The normalized spacial score (nSPS) is 13.0. The van der Waals surface area contributed by atoms with E-state index in [0.29, 0.717) is 17.2 Å². The van der Waals surface area contributed by atoms with Gasteiger partial charge < -0.3 is 14.8 Å². The number of nitrogens with one attached hydrogen (secondary N) is 1. The maximum Gasteiger partial charge on any atom is 0.261 e. The number of carbonyl (C=O) groups excluding carboxylic acids is 1. The Labute approximate surface area is 160 Å². The molecule has 140 valence electrons. The fraction of sp³-hybridized carbons (Fsp3) is 0.381. The van der Waals surface area contributed by atoms with Crippen molar-refractivity contribution in [3.8, 4) is 11.5 Å². The smallest absolute Gasteiger partial charge is 0.261 e. The van der Waals surface area contributed by atoms with Crippen molar-refractivity contribution in [1.82, 2.24) is 5.32 Å². The van der Waals surface area contributed by atoms with Crippen LogP contribution in [0.4, 0.5) is 0 Å². The fourth-order valence-electron chi connectivity index (χ4n) is 2.80. The zero-order valence-electron chi connectivity index (χ0n) is 15.7. The summed E-state index contributed by atoms with van der Waals surface area (Å²) in [5, 5.41) is 3.73. The molecule has 1 N–H and O–H groups in total. The summed E-state index contributed by atoms with van der Waals surface area (Å²) in [6, 6.07) is 12.9. The van der Waals surface area contributed by atoms with Crippen molar-refractivity contribution in [3.05, 3.63) is 58.6 Å². The third kappa shape index (κ3) is 5.15. The summed E-state index contributed by atoms with van der Waals surface area (Å²) >= 11 is 5.89. The zero-order valence-corrected chi connectivity index (χ0v) is 16.5. The summed E-state index contributed by atoms with van der Waals surface area (Å²) in [5.74, 6) is 1.35. The Morgan fingerprint density at radius 2 is 1.81 bits per heavy atom. The predicted octanol–water partition coefficient (Wildman–Crippen LogP) is 5.08. The third-order valence-corrected chi connectivity index (χ3v) is 4.55. The lowest BCUT2D eigenvalue weighted by atomic mass is 10.0. The van der Waals surface area contributed by atoms with Gasteiger partial charge in [0.25, 0.3) is 5.91 Å². The number of rotatable bonds is 8. The molecule has 0 spiro atoms. The maximum absolute atomic E-state index is 12.7. The number of hydrogen-bond donors (Lipinski definition) is 1. The average Bonchev–Trinajstić information content (AvgIpc) is 2.65. The molecule has 2 unspecified atom stereocenters. The molecule has 2 rings (SSSR count). The standard InChI is InChI=1S/C21H26ClNO3/c1-5-18(15-7-12-20(25-4)14(3)13-15)23-21(24)19(6-2)26-17-10-8-16(22)9-11-17/h7-13,18-19H,5-6H2,1-4H3,(H,23,24). The van der Waals surface area contributed by atoms with Gasteiger partial charge in [0, 0.05) is 5.02 Å². The molecule has 0 bridgehead atoms. The van der Waals surface area contributed by atoms with E-state index in [1.807, 2.05) is 39.0 Å². The topological polar surface area (TPSA) is 47.6 Å². The Kier molecular flexibility index (Phi) is 7.34. The number of halogens is 1. The second-order valence-electron chi connectivity index (χ2n) is 6.17. The van der Waals surface area contributed by atoms with Crippen LogP contribution in [-0.4, -0.2) is 19.1 Å². The average molecular weight is 376 g/mol. The van der Waals surface area contributed by atoms with Crippen LogP contribution in [0.3, 0.4) is 0 Å². The van der Waals surface area contributed by atoms with Gasteiger partial charge in [0.2, 0.25) is 0 Å². The summed E-state index contributed by atoms with van der Waals surface area (Å²) in [6.45, 7) is 5.97. The van der Waals surface area contributed by atoms with Gasteiger partial charge in [-0.15, -0.1) is 0 Å². The monoisotopic (exact) mass is 375 g/mol. The Morgan fingerprint density at radius 1 is 1.12 bits per heavy atom. The van der Waals surface area contributed by atoms with Crippen molar-refractivity contribution in [2.75, 3.05) is 7.11 Å². The number of aryl methyl sites for hydroxylation is 1. The predicted molar refractivity (Wildman–Crippen MR) is 105 cm³/mol. The lowest BCUT2D eigenvalue weighted by Crippen LogP contribution is -2.39. The SMILES string of the molecule is CCC(Oc1ccc(Cl)cc1)C(=O)NC(CC)c1ccc(OC)c(C)c1. The minimum Gasteiger partial charge on any atom is -0.496 e. The Bertz CT molecular complexity index is 731. The van der Waals surface area contributed by atoms with Gasteiger partial charge in [-0.05, 0) is 61.2 Å². The molecule has 0 heterocycles. The van der Waals surface area contributed by atoms with Gasteiger partial charge in [0.15, 0.2) is 6.10 Å². The molecule has 26 heavy (non-hydrogen) atoms. The van der Waals surface area contributed by atoms with E-state index in [1.54, 1.807) is 31.4 Å². The van der Waals surface area contributed by atoms with Crippen LogP contribution >= 0.6 is 11.6 Å². The van der Waals surface area contributed by atoms with Crippen LogP contribution < -0.4 is 14.8 Å². The molecule has 0 aromatic heterocycles. The number of methoxy groups -OCH3 is 1. The molecule has 5 heteroatoms. The second-order valence-corrected chi connectivity index (χ2v) is 6.60. The summed E-state index contributed by atoms with van der Waals surface area (Å²) in [5.41, 5.74) is 2.10. The first kappa shape index (κ1) is 20.1. The molecule has 2 aromatic carbocycles. The molecular weight excluding hydrogens is 350 g/mol. The van der Waals surface area contributed by atoms with E-state index < -0.39 is 6.10 Å². The molecule has 0 fully saturated rings. The molecule has 0 aliphatic heterocycles. The second kappa shape index (κ2) is 9.48. The molecular formula is C21H26ClNO3. The van der Waals surface area contributed by atoms with E-state index >= 15 is 0 Å². The van der Waals surface area contributed by atoms with E-state index in [0.717, 1.165) is 23.3 Å². The van der Waals surface area contributed by atoms with Gasteiger partial charge in [-0.2, -0.15) is 0 Å². The highest BCUT2D eigenvalue weighted by Gasteiger charge is 2.22. The van der Waals surface area contributed by atoms with Crippen LogP contribution in [0, 0.1) is 6.92 Å². The molecule has 0 saturated heterocycles. The van der Waals surface area contributed by atoms with Crippen molar-refractivity contribution in [2.45, 2.75) is 45.8 Å². The van der Waals surface area contributed by atoms with E-state index in [-0.39, 0.29) is 11.9 Å². The van der Waals surface area contributed by atoms with Gasteiger partial charge in [-0.25, -0.2) is 0 Å².